The minimum atomic E-state index is -0.653. The largest absolute Gasteiger partial charge is 0.358 e. The van der Waals surface area contributed by atoms with Crippen LogP contribution in [-0.2, 0) is 10.2 Å². The third-order valence-electron chi connectivity index (χ3n) is 2.23. The van der Waals surface area contributed by atoms with Crippen molar-refractivity contribution in [3.63, 3.8) is 0 Å². The Labute approximate surface area is 88.5 Å². The molecule has 1 amide bonds. The van der Waals surface area contributed by atoms with Crippen molar-refractivity contribution in [2.75, 3.05) is 7.05 Å². The number of halogens is 1. The summed E-state index contributed by atoms with van der Waals surface area (Å²) in [4.78, 5) is 15.5. The highest BCUT2D eigenvalue weighted by molar-refractivity contribution is 6.30. The van der Waals surface area contributed by atoms with Gasteiger partial charge in [0, 0.05) is 18.8 Å². The topological polar surface area (TPSA) is 42.0 Å². The summed E-state index contributed by atoms with van der Waals surface area (Å²) in [5, 5.41) is 2.98. The Hall–Kier alpha value is -1.09. The standard InChI is InChI=1S/C10H13ClN2O/c1-10(2,9(14)12-3)7-5-4-6-13-8(7)11/h4-6H,1-3H3,(H,12,14). The molecule has 14 heavy (non-hydrogen) atoms. The molecule has 0 bridgehead atoms. The Balaban J connectivity index is 3.16. The van der Waals surface area contributed by atoms with Crippen LogP contribution in [0.15, 0.2) is 18.3 Å². The lowest BCUT2D eigenvalue weighted by atomic mass is 9.85. The van der Waals surface area contributed by atoms with Crippen LogP contribution in [-0.4, -0.2) is 17.9 Å². The zero-order chi connectivity index (χ0) is 10.8. The maximum absolute atomic E-state index is 11.6. The lowest BCUT2D eigenvalue weighted by Crippen LogP contribution is -2.38. The summed E-state index contributed by atoms with van der Waals surface area (Å²) >= 11 is 5.92. The van der Waals surface area contributed by atoms with E-state index in [1.54, 1.807) is 19.3 Å². The molecule has 1 rings (SSSR count). The maximum atomic E-state index is 11.6. The first-order chi connectivity index (χ1) is 6.50. The van der Waals surface area contributed by atoms with Crippen LogP contribution in [0.5, 0.6) is 0 Å². The summed E-state index contributed by atoms with van der Waals surface area (Å²) in [7, 11) is 1.61. The van der Waals surface area contributed by atoms with E-state index in [0.717, 1.165) is 5.56 Å². The van der Waals surface area contributed by atoms with Crippen LogP contribution in [0.1, 0.15) is 19.4 Å². The van der Waals surface area contributed by atoms with Gasteiger partial charge in [-0.15, -0.1) is 0 Å². The lowest BCUT2D eigenvalue weighted by molar-refractivity contribution is -0.125. The van der Waals surface area contributed by atoms with Crippen LogP contribution in [0.4, 0.5) is 0 Å². The number of likely N-dealkylation sites (N-methyl/N-ethyl adjacent to an activating group) is 1. The predicted molar refractivity (Wildman–Crippen MR) is 56.3 cm³/mol. The molecule has 0 aliphatic rings. The van der Waals surface area contributed by atoms with E-state index in [2.05, 4.69) is 10.3 Å². The second-order valence-electron chi connectivity index (χ2n) is 3.55. The highest BCUT2D eigenvalue weighted by atomic mass is 35.5. The number of hydrogen-bond acceptors (Lipinski definition) is 2. The number of nitrogens with zero attached hydrogens (tertiary/aromatic N) is 1. The number of nitrogens with one attached hydrogen (secondary N) is 1. The molecule has 0 spiro atoms. The van der Waals surface area contributed by atoms with Crippen molar-refractivity contribution in [1.82, 2.24) is 10.3 Å². The normalized spacial score (nSPS) is 11.1. The first-order valence-corrected chi connectivity index (χ1v) is 4.71. The van der Waals surface area contributed by atoms with Crippen LogP contribution in [0, 0.1) is 0 Å². The number of aromatic nitrogens is 1. The molecule has 0 aliphatic heterocycles. The van der Waals surface area contributed by atoms with Crippen LogP contribution in [0.2, 0.25) is 5.15 Å². The summed E-state index contributed by atoms with van der Waals surface area (Å²) in [5.74, 6) is -0.0765. The van der Waals surface area contributed by atoms with E-state index >= 15 is 0 Å². The monoisotopic (exact) mass is 212 g/mol. The van der Waals surface area contributed by atoms with E-state index in [4.69, 9.17) is 11.6 Å². The fraction of sp³-hybridized carbons (Fsp3) is 0.400. The van der Waals surface area contributed by atoms with Gasteiger partial charge in [-0.1, -0.05) is 17.7 Å². The molecule has 0 fully saturated rings. The SMILES string of the molecule is CNC(=O)C(C)(C)c1cccnc1Cl. The van der Waals surface area contributed by atoms with E-state index in [0.29, 0.717) is 5.15 Å². The molecular weight excluding hydrogens is 200 g/mol. The van der Waals surface area contributed by atoms with Gasteiger partial charge in [0.05, 0.1) is 5.41 Å². The molecule has 76 valence electrons. The fourth-order valence-corrected chi connectivity index (χ4v) is 1.64. The van der Waals surface area contributed by atoms with E-state index < -0.39 is 5.41 Å². The number of hydrogen-bond donors (Lipinski definition) is 1. The first-order valence-electron chi connectivity index (χ1n) is 4.33. The van der Waals surface area contributed by atoms with Crippen molar-refractivity contribution in [3.05, 3.63) is 29.0 Å². The minimum Gasteiger partial charge on any atom is -0.358 e. The predicted octanol–water partition coefficient (Wildman–Crippen LogP) is 1.76. The third-order valence-corrected chi connectivity index (χ3v) is 2.53. The number of carbonyl (C=O) groups excluding carboxylic acids is 1. The molecule has 4 heteroatoms. The summed E-state index contributed by atoms with van der Waals surface area (Å²) in [5.41, 5.74) is 0.0844. The van der Waals surface area contributed by atoms with Crippen molar-refractivity contribution in [2.45, 2.75) is 19.3 Å². The van der Waals surface area contributed by atoms with Gasteiger partial charge >= 0.3 is 0 Å². The van der Waals surface area contributed by atoms with Crippen LogP contribution in [0.25, 0.3) is 0 Å². The van der Waals surface area contributed by atoms with Crippen molar-refractivity contribution >= 4 is 17.5 Å². The van der Waals surface area contributed by atoms with Gasteiger partial charge in [0.2, 0.25) is 5.91 Å². The van der Waals surface area contributed by atoms with Gasteiger partial charge in [-0.25, -0.2) is 4.98 Å². The molecule has 0 saturated carbocycles. The lowest BCUT2D eigenvalue weighted by Gasteiger charge is -2.23. The number of pyridine rings is 1. The number of rotatable bonds is 2. The van der Waals surface area contributed by atoms with E-state index in [1.165, 1.54) is 0 Å². The third kappa shape index (κ3) is 1.87. The smallest absolute Gasteiger partial charge is 0.229 e. The summed E-state index contributed by atoms with van der Waals surface area (Å²) in [6, 6.07) is 3.58. The molecule has 1 aromatic heterocycles. The molecule has 0 aliphatic carbocycles. The Bertz CT molecular complexity index is 350. The average Bonchev–Trinajstić information content (AvgIpc) is 2.17. The Morgan fingerprint density at radius 2 is 2.21 bits per heavy atom. The molecule has 0 radical (unpaired) electrons. The van der Waals surface area contributed by atoms with Crippen LogP contribution >= 0.6 is 11.6 Å². The van der Waals surface area contributed by atoms with E-state index in [-0.39, 0.29) is 5.91 Å². The van der Waals surface area contributed by atoms with Crippen molar-refractivity contribution in [1.29, 1.82) is 0 Å². The molecule has 0 saturated heterocycles. The van der Waals surface area contributed by atoms with Gasteiger partial charge in [0.15, 0.2) is 0 Å². The summed E-state index contributed by atoms with van der Waals surface area (Å²) < 4.78 is 0. The van der Waals surface area contributed by atoms with Crippen molar-refractivity contribution in [2.24, 2.45) is 0 Å². The highest BCUT2D eigenvalue weighted by Crippen LogP contribution is 2.28. The van der Waals surface area contributed by atoms with Crippen molar-refractivity contribution in [3.8, 4) is 0 Å². The number of amides is 1. The van der Waals surface area contributed by atoms with Crippen molar-refractivity contribution < 1.29 is 4.79 Å². The fourth-order valence-electron chi connectivity index (χ4n) is 1.29. The van der Waals surface area contributed by atoms with E-state index in [9.17, 15) is 4.79 Å². The van der Waals surface area contributed by atoms with Gasteiger partial charge in [0.1, 0.15) is 5.15 Å². The van der Waals surface area contributed by atoms with Gasteiger partial charge in [0.25, 0.3) is 0 Å². The minimum absolute atomic E-state index is 0.0765. The average molecular weight is 213 g/mol. The Morgan fingerprint density at radius 3 is 2.71 bits per heavy atom. The molecule has 3 nitrogen and oxygen atoms in total. The summed E-state index contributed by atoms with van der Waals surface area (Å²) in [6.45, 7) is 3.63. The van der Waals surface area contributed by atoms with Gasteiger partial charge in [-0.3, -0.25) is 4.79 Å². The van der Waals surface area contributed by atoms with Gasteiger partial charge < -0.3 is 5.32 Å². The highest BCUT2D eigenvalue weighted by Gasteiger charge is 2.31. The molecular formula is C10H13ClN2O. The molecule has 0 unspecified atom stereocenters. The second kappa shape index (κ2) is 3.96. The van der Waals surface area contributed by atoms with Gasteiger partial charge in [-0.2, -0.15) is 0 Å². The second-order valence-corrected chi connectivity index (χ2v) is 3.90. The molecule has 1 aromatic rings. The zero-order valence-electron chi connectivity index (χ0n) is 8.47. The van der Waals surface area contributed by atoms with Gasteiger partial charge in [-0.05, 0) is 19.9 Å². The Morgan fingerprint density at radius 1 is 1.57 bits per heavy atom. The van der Waals surface area contributed by atoms with Crippen LogP contribution in [0.3, 0.4) is 0 Å². The maximum Gasteiger partial charge on any atom is 0.229 e. The molecule has 0 aromatic carbocycles. The molecule has 0 atom stereocenters. The Kier molecular flexibility index (Phi) is 3.11. The van der Waals surface area contributed by atoms with Crippen LogP contribution < -0.4 is 5.32 Å². The first kappa shape index (κ1) is 11.0. The molecule has 1 N–H and O–H groups in total. The number of carbonyl (C=O) groups is 1. The quantitative estimate of drug-likeness (QED) is 0.760. The zero-order valence-corrected chi connectivity index (χ0v) is 9.22. The van der Waals surface area contributed by atoms with E-state index in [1.807, 2.05) is 19.9 Å². The summed E-state index contributed by atoms with van der Waals surface area (Å²) in [6.07, 6.45) is 1.60. The molecule has 1 heterocycles.